The second-order valence-corrected chi connectivity index (χ2v) is 3.04. The number of halogens is 4. The van der Waals surface area contributed by atoms with E-state index in [9.17, 15) is 18.0 Å². The second kappa shape index (κ2) is 4.04. The standard InChI is InChI=1S/C6H6ClF3N2O2/c7-4-1-3(14-12-4)2-11-5(13)6(8,9)10/h3H,1-2H2,(H,11,13). The highest BCUT2D eigenvalue weighted by Crippen LogP contribution is 2.15. The van der Waals surface area contributed by atoms with Gasteiger partial charge in [-0.15, -0.1) is 0 Å². The molecule has 0 aromatic heterocycles. The number of hydrogen-bond donors (Lipinski definition) is 1. The Morgan fingerprint density at radius 1 is 1.71 bits per heavy atom. The number of oxime groups is 1. The molecule has 0 saturated heterocycles. The summed E-state index contributed by atoms with van der Waals surface area (Å²) in [6.07, 6.45) is -5.28. The van der Waals surface area contributed by atoms with Crippen LogP contribution in [0.4, 0.5) is 13.2 Å². The largest absolute Gasteiger partial charge is 0.471 e. The Balaban J connectivity index is 2.26. The molecule has 1 amide bonds. The average molecular weight is 231 g/mol. The van der Waals surface area contributed by atoms with Gasteiger partial charge in [-0.3, -0.25) is 4.79 Å². The molecule has 1 rings (SSSR count). The summed E-state index contributed by atoms with van der Waals surface area (Å²) in [5.74, 6) is -2.00. The molecule has 1 atom stereocenters. The van der Waals surface area contributed by atoms with Crippen molar-refractivity contribution in [3.8, 4) is 0 Å². The van der Waals surface area contributed by atoms with Crippen LogP contribution in [-0.4, -0.2) is 29.9 Å². The third-order valence-corrected chi connectivity index (χ3v) is 1.67. The summed E-state index contributed by atoms with van der Waals surface area (Å²) in [7, 11) is 0. The number of amides is 1. The first-order valence-corrected chi connectivity index (χ1v) is 4.00. The van der Waals surface area contributed by atoms with Crippen LogP contribution in [0, 0.1) is 0 Å². The van der Waals surface area contributed by atoms with Gasteiger partial charge in [-0.2, -0.15) is 13.2 Å². The Morgan fingerprint density at radius 3 is 2.79 bits per heavy atom. The van der Waals surface area contributed by atoms with Crippen molar-refractivity contribution in [1.82, 2.24) is 5.32 Å². The van der Waals surface area contributed by atoms with Crippen LogP contribution < -0.4 is 5.32 Å². The van der Waals surface area contributed by atoms with Gasteiger partial charge >= 0.3 is 12.1 Å². The smallest absolute Gasteiger partial charge is 0.389 e. The second-order valence-electron chi connectivity index (χ2n) is 2.61. The predicted molar refractivity (Wildman–Crippen MR) is 41.8 cm³/mol. The molecule has 0 aliphatic carbocycles. The van der Waals surface area contributed by atoms with Gasteiger partial charge in [-0.05, 0) is 0 Å². The van der Waals surface area contributed by atoms with Crippen LogP contribution in [-0.2, 0) is 9.63 Å². The fraction of sp³-hybridized carbons (Fsp3) is 0.667. The molecule has 4 nitrogen and oxygen atoms in total. The Kier molecular flexibility index (Phi) is 3.20. The van der Waals surface area contributed by atoms with Crippen molar-refractivity contribution in [3.05, 3.63) is 0 Å². The summed E-state index contributed by atoms with van der Waals surface area (Å²) < 4.78 is 35.1. The molecule has 1 aliphatic heterocycles. The third-order valence-electron chi connectivity index (χ3n) is 1.44. The van der Waals surface area contributed by atoms with E-state index in [0.717, 1.165) is 0 Å². The first-order chi connectivity index (χ1) is 6.39. The van der Waals surface area contributed by atoms with Crippen molar-refractivity contribution in [1.29, 1.82) is 0 Å². The first kappa shape index (κ1) is 11.1. The molecule has 1 aliphatic rings. The van der Waals surface area contributed by atoms with E-state index in [1.807, 2.05) is 0 Å². The van der Waals surface area contributed by atoms with E-state index in [-0.39, 0.29) is 18.1 Å². The van der Waals surface area contributed by atoms with Crippen LogP contribution in [0.5, 0.6) is 0 Å². The number of nitrogens with zero attached hydrogens (tertiary/aromatic N) is 1. The Bertz CT molecular complexity index is 266. The van der Waals surface area contributed by atoms with E-state index in [1.54, 1.807) is 5.32 Å². The quantitative estimate of drug-likeness (QED) is 0.770. The molecule has 0 fully saturated rings. The van der Waals surface area contributed by atoms with E-state index in [4.69, 9.17) is 11.6 Å². The van der Waals surface area contributed by atoms with Gasteiger partial charge in [0.1, 0.15) is 5.17 Å². The Morgan fingerprint density at radius 2 is 2.36 bits per heavy atom. The monoisotopic (exact) mass is 230 g/mol. The van der Waals surface area contributed by atoms with Crippen molar-refractivity contribution < 1.29 is 22.8 Å². The highest BCUT2D eigenvalue weighted by Gasteiger charge is 2.39. The maximum absolute atomic E-state index is 11.7. The van der Waals surface area contributed by atoms with Gasteiger partial charge in [0.2, 0.25) is 0 Å². The van der Waals surface area contributed by atoms with Crippen LogP contribution >= 0.6 is 11.6 Å². The Hall–Kier alpha value is -0.980. The maximum atomic E-state index is 11.7. The molecule has 1 N–H and O–H groups in total. The van der Waals surface area contributed by atoms with Crippen LogP contribution in [0.1, 0.15) is 6.42 Å². The van der Waals surface area contributed by atoms with Crippen molar-refractivity contribution in [2.75, 3.05) is 6.54 Å². The van der Waals surface area contributed by atoms with Crippen molar-refractivity contribution >= 4 is 22.7 Å². The SMILES string of the molecule is O=C(NCC1CC(Cl)=NO1)C(F)(F)F. The van der Waals surface area contributed by atoms with Crippen LogP contribution in [0.3, 0.4) is 0 Å². The summed E-state index contributed by atoms with van der Waals surface area (Å²) in [6.45, 7) is -0.266. The summed E-state index contributed by atoms with van der Waals surface area (Å²) >= 11 is 5.40. The first-order valence-electron chi connectivity index (χ1n) is 3.63. The minimum atomic E-state index is -4.87. The fourth-order valence-electron chi connectivity index (χ4n) is 0.810. The average Bonchev–Trinajstić information content (AvgIpc) is 2.45. The molecule has 0 bridgehead atoms. The highest BCUT2D eigenvalue weighted by molar-refractivity contribution is 6.65. The van der Waals surface area contributed by atoms with Gasteiger partial charge < -0.3 is 10.2 Å². The zero-order valence-electron chi connectivity index (χ0n) is 6.77. The van der Waals surface area contributed by atoms with Gasteiger partial charge in [-0.1, -0.05) is 16.8 Å². The van der Waals surface area contributed by atoms with E-state index in [0.29, 0.717) is 0 Å². The molecule has 0 saturated carbocycles. The molecule has 0 radical (unpaired) electrons. The van der Waals surface area contributed by atoms with Crippen LogP contribution in [0.15, 0.2) is 5.16 Å². The molecular formula is C6H6ClF3N2O2. The summed E-state index contributed by atoms with van der Waals surface area (Å²) in [6, 6.07) is 0. The number of nitrogens with one attached hydrogen (secondary N) is 1. The fourth-order valence-corrected chi connectivity index (χ4v) is 1.02. The normalized spacial score (nSPS) is 21.4. The summed E-state index contributed by atoms with van der Waals surface area (Å²) in [5, 5.41) is 5.15. The summed E-state index contributed by atoms with van der Waals surface area (Å²) in [4.78, 5) is 14.9. The maximum Gasteiger partial charge on any atom is 0.471 e. The zero-order valence-corrected chi connectivity index (χ0v) is 7.52. The van der Waals surface area contributed by atoms with Crippen LogP contribution in [0.25, 0.3) is 0 Å². The molecule has 80 valence electrons. The lowest BCUT2D eigenvalue weighted by Gasteiger charge is -2.10. The van der Waals surface area contributed by atoms with E-state index in [2.05, 4.69) is 9.99 Å². The van der Waals surface area contributed by atoms with Crippen molar-refractivity contribution in [3.63, 3.8) is 0 Å². The molecule has 0 spiro atoms. The van der Waals surface area contributed by atoms with E-state index >= 15 is 0 Å². The number of rotatable bonds is 2. The molecular weight excluding hydrogens is 225 g/mol. The lowest BCUT2D eigenvalue weighted by atomic mass is 10.3. The Labute approximate surface area is 82.0 Å². The molecule has 1 heterocycles. The van der Waals surface area contributed by atoms with Gasteiger partial charge in [-0.25, -0.2) is 0 Å². The van der Waals surface area contributed by atoms with E-state index in [1.165, 1.54) is 0 Å². The van der Waals surface area contributed by atoms with Gasteiger partial charge in [0, 0.05) is 6.42 Å². The number of hydrogen-bond acceptors (Lipinski definition) is 3. The van der Waals surface area contributed by atoms with Gasteiger partial charge in [0.05, 0.1) is 6.54 Å². The summed E-state index contributed by atoms with van der Waals surface area (Å²) in [5.41, 5.74) is 0. The van der Waals surface area contributed by atoms with E-state index < -0.39 is 18.2 Å². The highest BCUT2D eigenvalue weighted by atomic mass is 35.5. The number of alkyl halides is 3. The molecule has 14 heavy (non-hydrogen) atoms. The van der Waals surface area contributed by atoms with Crippen molar-refractivity contribution in [2.24, 2.45) is 5.16 Å². The third kappa shape index (κ3) is 3.06. The topological polar surface area (TPSA) is 50.7 Å². The number of carbonyl (C=O) groups excluding carboxylic acids is 1. The van der Waals surface area contributed by atoms with Crippen molar-refractivity contribution in [2.45, 2.75) is 18.7 Å². The lowest BCUT2D eigenvalue weighted by Crippen LogP contribution is -2.40. The predicted octanol–water partition coefficient (Wildman–Crippen LogP) is 1.01. The van der Waals surface area contributed by atoms with Gasteiger partial charge in [0.15, 0.2) is 6.10 Å². The molecule has 0 aromatic carbocycles. The minimum Gasteiger partial charge on any atom is -0.389 e. The number of carbonyl (C=O) groups is 1. The minimum absolute atomic E-state index is 0.177. The lowest BCUT2D eigenvalue weighted by molar-refractivity contribution is -0.174. The zero-order chi connectivity index (χ0) is 10.8. The molecule has 1 unspecified atom stereocenters. The molecule has 8 heteroatoms. The van der Waals surface area contributed by atoms with Crippen LogP contribution in [0.2, 0.25) is 0 Å². The molecule has 0 aromatic rings. The van der Waals surface area contributed by atoms with Gasteiger partial charge in [0.25, 0.3) is 0 Å².